The van der Waals surface area contributed by atoms with Gasteiger partial charge in [-0.05, 0) is 52.1 Å². The van der Waals surface area contributed by atoms with E-state index in [1.807, 2.05) is 48.7 Å². The van der Waals surface area contributed by atoms with E-state index in [2.05, 4.69) is 6.92 Å². The number of aliphatic carboxylic acids is 1. The van der Waals surface area contributed by atoms with Crippen molar-refractivity contribution in [3.05, 3.63) is 29.6 Å². The van der Waals surface area contributed by atoms with Crippen molar-refractivity contribution in [3.63, 3.8) is 0 Å². The van der Waals surface area contributed by atoms with Gasteiger partial charge in [0.15, 0.2) is 0 Å². The van der Waals surface area contributed by atoms with Crippen molar-refractivity contribution in [2.45, 2.75) is 39.3 Å². The second kappa shape index (κ2) is 5.85. The van der Waals surface area contributed by atoms with Gasteiger partial charge in [-0.25, -0.2) is 9.78 Å². The number of hydrogen-bond donors (Lipinski definition) is 1. The number of rotatable bonds is 5. The number of carbonyl (C=O) groups is 1. The van der Waals surface area contributed by atoms with E-state index in [1.54, 1.807) is 6.92 Å². The fraction of sp³-hybridized carbons (Fsp3) is 0.500. The zero-order chi connectivity index (χ0) is 15.7. The number of carboxylic acid groups (broad SMARTS) is 1. The number of carboxylic acids is 1. The third-order valence-electron chi connectivity index (χ3n) is 4.08. The summed E-state index contributed by atoms with van der Waals surface area (Å²) in [4.78, 5) is 18.2. The van der Waals surface area contributed by atoms with Gasteiger partial charge >= 0.3 is 5.97 Å². The van der Waals surface area contributed by atoms with Crippen LogP contribution in [-0.2, 0) is 11.2 Å². The lowest BCUT2D eigenvalue weighted by atomic mass is 10.1. The topological polar surface area (TPSA) is 58.4 Å². The van der Waals surface area contributed by atoms with E-state index in [0.29, 0.717) is 0 Å². The first-order valence-corrected chi connectivity index (χ1v) is 7.26. The first-order valence-electron chi connectivity index (χ1n) is 7.26. The zero-order valence-corrected chi connectivity index (χ0v) is 13.3. The van der Waals surface area contributed by atoms with Crippen molar-refractivity contribution < 1.29 is 9.90 Å². The van der Waals surface area contributed by atoms with Gasteiger partial charge in [0, 0.05) is 0 Å². The van der Waals surface area contributed by atoms with Crippen LogP contribution in [0.4, 0.5) is 0 Å². The Morgan fingerprint density at radius 2 is 2.05 bits per heavy atom. The molecule has 0 fully saturated rings. The predicted molar refractivity (Wildman–Crippen MR) is 83.6 cm³/mol. The van der Waals surface area contributed by atoms with Gasteiger partial charge < -0.3 is 9.67 Å². The summed E-state index contributed by atoms with van der Waals surface area (Å²) in [5.41, 5.74) is 2.95. The van der Waals surface area contributed by atoms with Crippen LogP contribution < -0.4 is 0 Å². The highest BCUT2D eigenvalue weighted by molar-refractivity contribution is 5.81. The van der Waals surface area contributed by atoms with Crippen LogP contribution in [0.1, 0.15) is 44.2 Å². The lowest BCUT2D eigenvalue weighted by molar-refractivity contribution is -0.140. The van der Waals surface area contributed by atoms with Gasteiger partial charge in [-0.15, -0.1) is 0 Å². The van der Waals surface area contributed by atoms with E-state index < -0.39 is 12.0 Å². The second-order valence-corrected chi connectivity index (χ2v) is 5.67. The maximum Gasteiger partial charge on any atom is 0.326 e. The van der Waals surface area contributed by atoms with Gasteiger partial charge in [0.05, 0.1) is 17.1 Å². The molecule has 1 N–H and O–H groups in total. The molecule has 0 aliphatic heterocycles. The van der Waals surface area contributed by atoms with Crippen LogP contribution in [0.3, 0.4) is 0 Å². The molecule has 21 heavy (non-hydrogen) atoms. The fourth-order valence-electron chi connectivity index (χ4n) is 2.43. The van der Waals surface area contributed by atoms with Crippen molar-refractivity contribution in [2.75, 3.05) is 14.1 Å². The molecule has 5 heteroatoms. The van der Waals surface area contributed by atoms with Crippen molar-refractivity contribution in [3.8, 4) is 0 Å². The molecule has 2 aromatic rings. The molecule has 2 atom stereocenters. The first kappa shape index (κ1) is 15.5. The Hall–Kier alpha value is -1.88. The second-order valence-electron chi connectivity index (χ2n) is 5.67. The van der Waals surface area contributed by atoms with Gasteiger partial charge in [-0.2, -0.15) is 0 Å². The Bertz CT molecular complexity index is 661. The SMILES string of the molecule is CCc1ccc2c(c1)nc(C(C)N(C)C)n2C(C)C(=O)O. The molecule has 2 rings (SSSR count). The number of aromatic nitrogens is 2. The first-order chi connectivity index (χ1) is 9.86. The molecule has 2 unspecified atom stereocenters. The molecule has 114 valence electrons. The standard InChI is InChI=1S/C16H23N3O2/c1-6-12-7-8-14-13(9-12)17-15(10(2)18(4)5)19(14)11(3)16(20)21/h7-11H,6H2,1-5H3,(H,20,21). The number of aryl methyl sites for hydroxylation is 1. The van der Waals surface area contributed by atoms with Crippen LogP contribution in [0, 0.1) is 0 Å². The molecule has 1 heterocycles. The number of nitrogens with zero attached hydrogens (tertiary/aromatic N) is 3. The molecule has 0 saturated carbocycles. The molecule has 5 nitrogen and oxygen atoms in total. The minimum absolute atomic E-state index is 0.0456. The normalized spacial score (nSPS) is 14.6. The summed E-state index contributed by atoms with van der Waals surface area (Å²) in [6, 6.07) is 5.47. The molecule has 0 saturated heterocycles. The smallest absolute Gasteiger partial charge is 0.326 e. The Kier molecular flexibility index (Phi) is 4.32. The van der Waals surface area contributed by atoms with E-state index in [-0.39, 0.29) is 6.04 Å². The minimum atomic E-state index is -0.846. The van der Waals surface area contributed by atoms with Crippen molar-refractivity contribution in [1.82, 2.24) is 14.5 Å². The van der Waals surface area contributed by atoms with E-state index in [9.17, 15) is 9.90 Å². The molecule has 0 aliphatic rings. The summed E-state index contributed by atoms with van der Waals surface area (Å²) in [5, 5.41) is 9.40. The lowest BCUT2D eigenvalue weighted by Crippen LogP contribution is -2.24. The molecule has 0 radical (unpaired) electrons. The molecular formula is C16H23N3O2. The van der Waals surface area contributed by atoms with E-state index >= 15 is 0 Å². The third-order valence-corrected chi connectivity index (χ3v) is 4.08. The average molecular weight is 289 g/mol. The highest BCUT2D eigenvalue weighted by atomic mass is 16.4. The van der Waals surface area contributed by atoms with Crippen molar-refractivity contribution in [2.24, 2.45) is 0 Å². The van der Waals surface area contributed by atoms with Crippen LogP contribution >= 0.6 is 0 Å². The summed E-state index contributed by atoms with van der Waals surface area (Å²) in [6.07, 6.45) is 0.940. The molecule has 1 aromatic carbocycles. The van der Waals surface area contributed by atoms with Gasteiger partial charge in [0.1, 0.15) is 11.9 Å². The van der Waals surface area contributed by atoms with Crippen LogP contribution in [0.15, 0.2) is 18.2 Å². The van der Waals surface area contributed by atoms with Crippen molar-refractivity contribution >= 4 is 17.0 Å². The molecule has 1 aromatic heterocycles. The quantitative estimate of drug-likeness (QED) is 0.919. The summed E-state index contributed by atoms with van der Waals surface area (Å²) in [7, 11) is 3.94. The molecule has 0 bridgehead atoms. The van der Waals surface area contributed by atoms with Gasteiger partial charge in [0.2, 0.25) is 0 Å². The fourth-order valence-corrected chi connectivity index (χ4v) is 2.43. The molecular weight excluding hydrogens is 266 g/mol. The summed E-state index contributed by atoms with van der Waals surface area (Å²) >= 11 is 0. The molecule has 0 amide bonds. The maximum atomic E-state index is 11.4. The minimum Gasteiger partial charge on any atom is -0.480 e. The highest BCUT2D eigenvalue weighted by Gasteiger charge is 2.24. The predicted octanol–water partition coefficient (Wildman–Crippen LogP) is 2.87. The Morgan fingerprint density at radius 3 is 2.57 bits per heavy atom. The number of fused-ring (bicyclic) bond motifs is 1. The molecule has 0 aliphatic carbocycles. The largest absolute Gasteiger partial charge is 0.480 e. The Morgan fingerprint density at radius 1 is 1.38 bits per heavy atom. The monoisotopic (exact) mass is 289 g/mol. The van der Waals surface area contributed by atoms with Crippen LogP contribution in [0.25, 0.3) is 11.0 Å². The number of benzene rings is 1. The van der Waals surface area contributed by atoms with Gasteiger partial charge in [-0.3, -0.25) is 4.90 Å². The van der Waals surface area contributed by atoms with E-state index in [0.717, 1.165) is 23.3 Å². The van der Waals surface area contributed by atoms with Gasteiger partial charge in [-0.1, -0.05) is 13.0 Å². The zero-order valence-electron chi connectivity index (χ0n) is 13.3. The Balaban J connectivity index is 2.70. The van der Waals surface area contributed by atoms with E-state index in [1.165, 1.54) is 5.56 Å². The van der Waals surface area contributed by atoms with E-state index in [4.69, 9.17) is 4.98 Å². The maximum absolute atomic E-state index is 11.4. The van der Waals surface area contributed by atoms with Crippen LogP contribution in [0.5, 0.6) is 0 Å². The summed E-state index contributed by atoms with van der Waals surface area (Å²) < 4.78 is 1.84. The highest BCUT2D eigenvalue weighted by Crippen LogP contribution is 2.28. The number of hydrogen-bond acceptors (Lipinski definition) is 3. The summed E-state index contributed by atoms with van der Waals surface area (Å²) in [5.74, 6) is -0.0563. The average Bonchev–Trinajstić information content (AvgIpc) is 2.83. The van der Waals surface area contributed by atoms with Gasteiger partial charge in [0.25, 0.3) is 0 Å². The lowest BCUT2D eigenvalue weighted by Gasteiger charge is -2.22. The summed E-state index contributed by atoms with van der Waals surface area (Å²) in [6.45, 7) is 5.83. The van der Waals surface area contributed by atoms with Crippen LogP contribution in [0.2, 0.25) is 0 Å². The Labute approximate surface area is 125 Å². The van der Waals surface area contributed by atoms with Crippen molar-refractivity contribution in [1.29, 1.82) is 0 Å². The third kappa shape index (κ3) is 2.78. The van der Waals surface area contributed by atoms with Crippen LogP contribution in [-0.4, -0.2) is 39.6 Å². The number of imidazole rings is 1. The molecule has 0 spiro atoms.